The van der Waals surface area contributed by atoms with Gasteiger partial charge < -0.3 is 9.67 Å². The van der Waals surface area contributed by atoms with E-state index >= 15 is 0 Å². The molecule has 0 atom stereocenters. The fraction of sp³-hybridized carbons (Fsp3) is 0.200. The minimum Gasteiger partial charge on any atom is -0.396 e. The molecule has 0 aliphatic carbocycles. The van der Waals surface area contributed by atoms with Crippen LogP contribution in [0.5, 0.6) is 0 Å². The van der Waals surface area contributed by atoms with Gasteiger partial charge in [0.25, 0.3) is 0 Å². The maximum absolute atomic E-state index is 9.05. The predicted octanol–water partition coefficient (Wildman–Crippen LogP) is 2.48. The Bertz CT molecular complexity index is 676. The van der Waals surface area contributed by atoms with E-state index in [1.807, 2.05) is 30.3 Å². The van der Waals surface area contributed by atoms with Crippen LogP contribution in [0.25, 0.3) is 22.4 Å². The van der Waals surface area contributed by atoms with Crippen LogP contribution in [0.1, 0.15) is 6.42 Å². The van der Waals surface area contributed by atoms with Crippen LogP contribution < -0.4 is 0 Å². The normalized spacial score (nSPS) is 11.0. The highest BCUT2D eigenvalue weighted by Gasteiger charge is 2.11. The minimum absolute atomic E-state index is 0.183. The molecule has 0 radical (unpaired) electrons. The lowest BCUT2D eigenvalue weighted by Gasteiger charge is -2.08. The first-order valence-corrected chi connectivity index (χ1v) is 6.36. The van der Waals surface area contributed by atoms with Crippen molar-refractivity contribution in [3.63, 3.8) is 0 Å². The molecule has 0 saturated heterocycles. The SMILES string of the molecule is OCCCn1c(-c2ccncc2)nc2ccccc21. The van der Waals surface area contributed by atoms with Crippen molar-refractivity contribution in [1.29, 1.82) is 0 Å². The van der Waals surface area contributed by atoms with E-state index in [9.17, 15) is 0 Å². The Kier molecular flexibility index (Phi) is 3.25. The molecular formula is C15H15N3O. The van der Waals surface area contributed by atoms with Gasteiger partial charge in [0.2, 0.25) is 0 Å². The molecule has 0 amide bonds. The summed E-state index contributed by atoms with van der Waals surface area (Å²) in [6.07, 6.45) is 4.26. The molecule has 19 heavy (non-hydrogen) atoms. The number of para-hydroxylation sites is 2. The number of aliphatic hydroxyl groups is 1. The third-order valence-corrected chi connectivity index (χ3v) is 3.13. The van der Waals surface area contributed by atoms with Crippen molar-refractivity contribution < 1.29 is 5.11 Å². The lowest BCUT2D eigenvalue weighted by Crippen LogP contribution is -2.02. The highest BCUT2D eigenvalue weighted by molar-refractivity contribution is 5.80. The molecule has 0 bridgehead atoms. The van der Waals surface area contributed by atoms with E-state index in [-0.39, 0.29) is 6.61 Å². The number of pyridine rings is 1. The number of aryl methyl sites for hydroxylation is 1. The van der Waals surface area contributed by atoms with Gasteiger partial charge in [-0.05, 0) is 30.7 Å². The maximum Gasteiger partial charge on any atom is 0.141 e. The van der Waals surface area contributed by atoms with Crippen LogP contribution in [0.3, 0.4) is 0 Å². The number of benzene rings is 1. The highest BCUT2D eigenvalue weighted by atomic mass is 16.3. The van der Waals surface area contributed by atoms with Crippen molar-refractivity contribution in [2.24, 2.45) is 0 Å². The smallest absolute Gasteiger partial charge is 0.141 e. The Hall–Kier alpha value is -2.20. The van der Waals surface area contributed by atoms with Crippen LogP contribution in [0.4, 0.5) is 0 Å². The third-order valence-electron chi connectivity index (χ3n) is 3.13. The van der Waals surface area contributed by atoms with Gasteiger partial charge in [0.05, 0.1) is 11.0 Å². The molecule has 4 heteroatoms. The number of aromatic nitrogens is 3. The van der Waals surface area contributed by atoms with Gasteiger partial charge in [0, 0.05) is 31.1 Å². The Labute approximate surface area is 111 Å². The summed E-state index contributed by atoms with van der Waals surface area (Å²) in [6, 6.07) is 12.0. The molecule has 0 aliphatic rings. The van der Waals surface area contributed by atoms with Crippen LogP contribution in [0, 0.1) is 0 Å². The van der Waals surface area contributed by atoms with Crippen molar-refractivity contribution >= 4 is 11.0 Å². The quantitative estimate of drug-likeness (QED) is 0.777. The molecule has 96 valence electrons. The zero-order chi connectivity index (χ0) is 13.1. The number of aliphatic hydroxyl groups excluding tert-OH is 1. The molecule has 2 aromatic heterocycles. The Morgan fingerprint density at radius 3 is 2.63 bits per heavy atom. The molecule has 0 unspecified atom stereocenters. The van der Waals surface area contributed by atoms with Crippen molar-refractivity contribution in [2.75, 3.05) is 6.61 Å². The van der Waals surface area contributed by atoms with Crippen LogP contribution in [-0.4, -0.2) is 26.2 Å². The average molecular weight is 253 g/mol. The summed E-state index contributed by atoms with van der Waals surface area (Å²) in [6.45, 7) is 0.941. The van der Waals surface area contributed by atoms with Gasteiger partial charge in [-0.1, -0.05) is 12.1 Å². The second-order valence-electron chi connectivity index (χ2n) is 4.39. The molecule has 2 heterocycles. The molecule has 0 aliphatic heterocycles. The molecule has 1 aromatic carbocycles. The maximum atomic E-state index is 9.05. The second-order valence-corrected chi connectivity index (χ2v) is 4.39. The fourth-order valence-electron chi connectivity index (χ4n) is 2.25. The summed E-state index contributed by atoms with van der Waals surface area (Å²) in [5, 5.41) is 9.05. The van der Waals surface area contributed by atoms with Gasteiger partial charge in [0.15, 0.2) is 0 Å². The molecule has 0 saturated carbocycles. The fourth-order valence-corrected chi connectivity index (χ4v) is 2.25. The Morgan fingerprint density at radius 2 is 1.84 bits per heavy atom. The van der Waals surface area contributed by atoms with Gasteiger partial charge in [-0.2, -0.15) is 0 Å². The number of nitrogens with zero attached hydrogens (tertiary/aromatic N) is 3. The van der Waals surface area contributed by atoms with Crippen LogP contribution in [0.2, 0.25) is 0 Å². The molecule has 3 rings (SSSR count). The number of fused-ring (bicyclic) bond motifs is 1. The van der Waals surface area contributed by atoms with Gasteiger partial charge in [-0.3, -0.25) is 4.98 Å². The molecule has 0 spiro atoms. The second kappa shape index (κ2) is 5.20. The van der Waals surface area contributed by atoms with Crippen molar-refractivity contribution in [2.45, 2.75) is 13.0 Å². The number of rotatable bonds is 4. The van der Waals surface area contributed by atoms with Gasteiger partial charge >= 0.3 is 0 Å². The van der Waals surface area contributed by atoms with Gasteiger partial charge in [-0.25, -0.2) is 4.98 Å². The van der Waals surface area contributed by atoms with E-state index in [0.29, 0.717) is 0 Å². The van der Waals surface area contributed by atoms with Crippen molar-refractivity contribution in [3.05, 3.63) is 48.8 Å². The Morgan fingerprint density at radius 1 is 1.05 bits per heavy atom. The topological polar surface area (TPSA) is 50.9 Å². The lowest BCUT2D eigenvalue weighted by atomic mass is 10.2. The van der Waals surface area contributed by atoms with Gasteiger partial charge in [-0.15, -0.1) is 0 Å². The highest BCUT2D eigenvalue weighted by Crippen LogP contribution is 2.24. The monoisotopic (exact) mass is 253 g/mol. The largest absolute Gasteiger partial charge is 0.396 e. The zero-order valence-corrected chi connectivity index (χ0v) is 10.5. The summed E-state index contributed by atoms with van der Waals surface area (Å²) < 4.78 is 2.15. The number of imidazole rings is 1. The molecule has 1 N–H and O–H groups in total. The first kappa shape index (κ1) is 11.9. The number of hydrogen-bond acceptors (Lipinski definition) is 3. The summed E-state index contributed by atoms with van der Waals surface area (Å²) in [7, 11) is 0. The average Bonchev–Trinajstić information content (AvgIpc) is 2.85. The third kappa shape index (κ3) is 2.22. The molecule has 4 nitrogen and oxygen atoms in total. The van der Waals surface area contributed by atoms with E-state index in [0.717, 1.165) is 35.4 Å². The summed E-state index contributed by atoms with van der Waals surface area (Å²) in [5.41, 5.74) is 3.12. The first-order chi connectivity index (χ1) is 9.40. The minimum atomic E-state index is 0.183. The first-order valence-electron chi connectivity index (χ1n) is 6.36. The summed E-state index contributed by atoms with van der Waals surface area (Å²) in [5.74, 6) is 0.928. The van der Waals surface area contributed by atoms with Crippen molar-refractivity contribution in [1.82, 2.24) is 14.5 Å². The zero-order valence-electron chi connectivity index (χ0n) is 10.5. The van der Waals surface area contributed by atoms with E-state index < -0.39 is 0 Å². The molecular weight excluding hydrogens is 238 g/mol. The number of hydrogen-bond donors (Lipinski definition) is 1. The lowest BCUT2D eigenvalue weighted by molar-refractivity contribution is 0.281. The standard InChI is InChI=1S/C15H15N3O/c19-11-3-10-18-14-5-2-1-4-13(14)17-15(18)12-6-8-16-9-7-12/h1-2,4-9,19H,3,10-11H2. The van der Waals surface area contributed by atoms with E-state index in [1.165, 1.54) is 0 Å². The van der Waals surface area contributed by atoms with Gasteiger partial charge in [0.1, 0.15) is 5.82 Å². The predicted molar refractivity (Wildman–Crippen MR) is 74.7 cm³/mol. The van der Waals surface area contributed by atoms with Crippen LogP contribution in [0.15, 0.2) is 48.8 Å². The summed E-state index contributed by atoms with van der Waals surface area (Å²) in [4.78, 5) is 8.73. The molecule has 3 aromatic rings. The van der Waals surface area contributed by atoms with E-state index in [1.54, 1.807) is 12.4 Å². The van der Waals surface area contributed by atoms with Crippen LogP contribution in [-0.2, 0) is 6.54 Å². The van der Waals surface area contributed by atoms with Crippen molar-refractivity contribution in [3.8, 4) is 11.4 Å². The Balaban J connectivity index is 2.17. The van der Waals surface area contributed by atoms with E-state index in [2.05, 4.69) is 20.6 Å². The van der Waals surface area contributed by atoms with Crippen LogP contribution >= 0.6 is 0 Å². The van der Waals surface area contributed by atoms with E-state index in [4.69, 9.17) is 5.11 Å². The molecule has 0 fully saturated rings. The summed E-state index contributed by atoms with van der Waals surface area (Å²) >= 11 is 0.